The Hall–Kier alpha value is -2.16. The first-order valence-corrected chi connectivity index (χ1v) is 11.0. The molecular formula is C20H23ClN4O2S2. The standard InChI is InChI=1S/C20H23ClN4O2S2/c1-13(2)19(27)25-10-8-24(9-11-25)17-14(21)5-3-6-15(17)22-20(28)23-18(26)16-7-4-12-29-16/h3-7,12-13H,8-11H2,1-2H3,(H2,22,23,26,28). The molecule has 9 heteroatoms. The second kappa shape index (κ2) is 9.56. The zero-order valence-electron chi connectivity index (χ0n) is 16.3. The quantitative estimate of drug-likeness (QED) is 0.693. The molecule has 1 aromatic heterocycles. The fourth-order valence-electron chi connectivity index (χ4n) is 3.18. The second-order valence-corrected chi connectivity index (χ2v) is 8.75. The van der Waals surface area contributed by atoms with Gasteiger partial charge in [-0.3, -0.25) is 14.9 Å². The molecule has 1 saturated heterocycles. The van der Waals surface area contributed by atoms with Crippen LogP contribution in [0.5, 0.6) is 0 Å². The van der Waals surface area contributed by atoms with E-state index in [1.165, 1.54) is 11.3 Å². The first-order chi connectivity index (χ1) is 13.9. The SMILES string of the molecule is CC(C)C(=O)N1CCN(c2c(Cl)cccc2NC(=S)NC(=O)c2cccs2)CC1. The number of amides is 2. The van der Waals surface area contributed by atoms with Crippen molar-refractivity contribution in [3.8, 4) is 0 Å². The number of carbonyl (C=O) groups is 2. The highest BCUT2D eigenvalue weighted by Gasteiger charge is 2.25. The zero-order chi connectivity index (χ0) is 21.0. The van der Waals surface area contributed by atoms with Gasteiger partial charge < -0.3 is 15.1 Å². The maximum absolute atomic E-state index is 12.2. The molecule has 1 aliphatic heterocycles. The number of para-hydroxylation sites is 1. The lowest BCUT2D eigenvalue weighted by molar-refractivity contribution is -0.134. The molecule has 1 aliphatic rings. The van der Waals surface area contributed by atoms with Crippen LogP contribution in [0.3, 0.4) is 0 Å². The van der Waals surface area contributed by atoms with Crippen LogP contribution in [-0.2, 0) is 4.79 Å². The fourth-order valence-corrected chi connectivity index (χ4v) is 4.29. The van der Waals surface area contributed by atoms with Crippen LogP contribution in [-0.4, -0.2) is 48.0 Å². The molecule has 0 saturated carbocycles. The Labute approximate surface area is 184 Å². The Morgan fingerprint density at radius 3 is 2.48 bits per heavy atom. The molecule has 0 atom stereocenters. The van der Waals surface area contributed by atoms with Gasteiger partial charge in [0, 0.05) is 32.1 Å². The summed E-state index contributed by atoms with van der Waals surface area (Å²) < 4.78 is 0. The van der Waals surface area contributed by atoms with E-state index < -0.39 is 0 Å². The number of benzene rings is 1. The average Bonchev–Trinajstić information content (AvgIpc) is 3.22. The summed E-state index contributed by atoms with van der Waals surface area (Å²) in [5.41, 5.74) is 1.54. The summed E-state index contributed by atoms with van der Waals surface area (Å²) in [6, 6.07) is 9.08. The van der Waals surface area contributed by atoms with Crippen molar-refractivity contribution in [1.82, 2.24) is 10.2 Å². The minimum Gasteiger partial charge on any atom is -0.365 e. The Balaban J connectivity index is 1.69. The molecule has 0 aliphatic carbocycles. The Kier molecular flexibility index (Phi) is 7.10. The highest BCUT2D eigenvalue weighted by Crippen LogP contribution is 2.34. The number of hydrogen-bond donors (Lipinski definition) is 2. The van der Waals surface area contributed by atoms with Gasteiger partial charge >= 0.3 is 0 Å². The van der Waals surface area contributed by atoms with Gasteiger partial charge in [-0.15, -0.1) is 11.3 Å². The molecule has 2 heterocycles. The highest BCUT2D eigenvalue weighted by molar-refractivity contribution is 7.80. The highest BCUT2D eigenvalue weighted by atomic mass is 35.5. The Bertz CT molecular complexity index is 894. The zero-order valence-corrected chi connectivity index (χ0v) is 18.7. The first-order valence-electron chi connectivity index (χ1n) is 9.35. The monoisotopic (exact) mass is 450 g/mol. The van der Waals surface area contributed by atoms with E-state index in [-0.39, 0.29) is 22.8 Å². The van der Waals surface area contributed by atoms with E-state index in [1.807, 2.05) is 48.4 Å². The maximum atomic E-state index is 12.2. The van der Waals surface area contributed by atoms with E-state index in [9.17, 15) is 9.59 Å². The molecule has 29 heavy (non-hydrogen) atoms. The fraction of sp³-hybridized carbons (Fsp3) is 0.350. The number of halogens is 1. The van der Waals surface area contributed by atoms with E-state index in [4.69, 9.17) is 23.8 Å². The molecule has 0 unspecified atom stereocenters. The van der Waals surface area contributed by atoms with Gasteiger partial charge in [0.05, 0.1) is 21.3 Å². The van der Waals surface area contributed by atoms with Crippen LogP contribution in [0.4, 0.5) is 11.4 Å². The van der Waals surface area contributed by atoms with Crippen molar-refractivity contribution in [1.29, 1.82) is 0 Å². The van der Waals surface area contributed by atoms with Crippen LogP contribution in [0, 0.1) is 5.92 Å². The van der Waals surface area contributed by atoms with Crippen LogP contribution < -0.4 is 15.5 Å². The molecule has 2 aromatic rings. The number of piperazine rings is 1. The maximum Gasteiger partial charge on any atom is 0.267 e. The number of nitrogens with one attached hydrogen (secondary N) is 2. The predicted molar refractivity (Wildman–Crippen MR) is 123 cm³/mol. The Morgan fingerprint density at radius 1 is 1.14 bits per heavy atom. The molecule has 3 rings (SSSR count). The molecular weight excluding hydrogens is 428 g/mol. The summed E-state index contributed by atoms with van der Waals surface area (Å²) in [6.07, 6.45) is 0. The van der Waals surface area contributed by atoms with Crippen molar-refractivity contribution >= 4 is 63.5 Å². The van der Waals surface area contributed by atoms with E-state index in [2.05, 4.69) is 15.5 Å². The number of thiophene rings is 1. The minimum absolute atomic E-state index is 0.0107. The molecule has 1 aromatic carbocycles. The van der Waals surface area contributed by atoms with Gasteiger partial charge in [-0.25, -0.2) is 0 Å². The second-order valence-electron chi connectivity index (χ2n) is 6.99. The summed E-state index contributed by atoms with van der Waals surface area (Å²) in [5, 5.41) is 8.42. The van der Waals surface area contributed by atoms with Crippen molar-refractivity contribution < 1.29 is 9.59 Å². The number of hydrogen-bond acceptors (Lipinski definition) is 5. The third kappa shape index (κ3) is 5.26. The number of anilines is 2. The van der Waals surface area contributed by atoms with Crippen LogP contribution in [0.15, 0.2) is 35.7 Å². The molecule has 1 fully saturated rings. The third-order valence-electron chi connectivity index (χ3n) is 4.61. The number of nitrogens with zero attached hydrogens (tertiary/aromatic N) is 2. The van der Waals surface area contributed by atoms with Crippen molar-refractivity contribution in [2.45, 2.75) is 13.8 Å². The number of rotatable bonds is 4. The average molecular weight is 451 g/mol. The smallest absolute Gasteiger partial charge is 0.267 e. The van der Waals surface area contributed by atoms with Gasteiger partial charge in [-0.2, -0.15) is 0 Å². The van der Waals surface area contributed by atoms with E-state index in [0.29, 0.717) is 36.1 Å². The normalized spacial score (nSPS) is 14.1. The lowest BCUT2D eigenvalue weighted by Gasteiger charge is -2.38. The number of thiocarbonyl (C=S) groups is 1. The summed E-state index contributed by atoms with van der Waals surface area (Å²) in [6.45, 7) is 6.45. The molecule has 0 spiro atoms. The molecule has 6 nitrogen and oxygen atoms in total. The summed E-state index contributed by atoms with van der Waals surface area (Å²) in [5.74, 6) is -0.0927. The van der Waals surface area contributed by atoms with Crippen LogP contribution in [0.1, 0.15) is 23.5 Å². The van der Waals surface area contributed by atoms with Crippen LogP contribution >= 0.6 is 35.2 Å². The van der Waals surface area contributed by atoms with Gasteiger partial charge in [-0.1, -0.05) is 37.6 Å². The van der Waals surface area contributed by atoms with Crippen molar-refractivity contribution in [2.24, 2.45) is 5.92 Å². The van der Waals surface area contributed by atoms with E-state index in [1.54, 1.807) is 6.07 Å². The molecule has 2 N–H and O–H groups in total. The van der Waals surface area contributed by atoms with Crippen LogP contribution in [0.25, 0.3) is 0 Å². The number of carbonyl (C=O) groups excluding carboxylic acids is 2. The van der Waals surface area contributed by atoms with Crippen molar-refractivity contribution in [3.63, 3.8) is 0 Å². The van der Waals surface area contributed by atoms with Crippen molar-refractivity contribution in [2.75, 3.05) is 36.4 Å². The van der Waals surface area contributed by atoms with E-state index in [0.717, 1.165) is 11.4 Å². The molecule has 0 bridgehead atoms. The van der Waals surface area contributed by atoms with Gasteiger partial charge in [0.25, 0.3) is 5.91 Å². The third-order valence-corrected chi connectivity index (χ3v) is 5.99. The van der Waals surface area contributed by atoms with Gasteiger partial charge in [0.2, 0.25) is 5.91 Å². The summed E-state index contributed by atoms with van der Waals surface area (Å²) in [4.78, 5) is 29.1. The largest absolute Gasteiger partial charge is 0.365 e. The van der Waals surface area contributed by atoms with Gasteiger partial charge in [0.15, 0.2) is 5.11 Å². The lowest BCUT2D eigenvalue weighted by Crippen LogP contribution is -2.50. The van der Waals surface area contributed by atoms with Crippen molar-refractivity contribution in [3.05, 3.63) is 45.6 Å². The molecule has 154 valence electrons. The van der Waals surface area contributed by atoms with Gasteiger partial charge in [0.1, 0.15) is 0 Å². The van der Waals surface area contributed by atoms with Gasteiger partial charge in [-0.05, 0) is 35.8 Å². The summed E-state index contributed by atoms with van der Waals surface area (Å²) >= 11 is 13.2. The van der Waals surface area contributed by atoms with E-state index >= 15 is 0 Å². The lowest BCUT2D eigenvalue weighted by atomic mass is 10.1. The molecule has 0 radical (unpaired) electrons. The first kappa shape index (κ1) is 21.5. The summed E-state index contributed by atoms with van der Waals surface area (Å²) in [7, 11) is 0. The van der Waals surface area contributed by atoms with Crippen LogP contribution in [0.2, 0.25) is 5.02 Å². The molecule has 2 amide bonds. The predicted octanol–water partition coefficient (Wildman–Crippen LogP) is 3.83. The Morgan fingerprint density at radius 2 is 1.86 bits per heavy atom. The topological polar surface area (TPSA) is 64.7 Å². The minimum atomic E-state index is -0.248.